The molecule has 2 amide bonds. The number of carbonyl (C=O) groups is 2. The van der Waals surface area contributed by atoms with E-state index in [1.54, 1.807) is 0 Å². The van der Waals surface area contributed by atoms with E-state index in [4.69, 9.17) is 0 Å². The Morgan fingerprint density at radius 2 is 1.63 bits per heavy atom. The summed E-state index contributed by atoms with van der Waals surface area (Å²) in [5.74, 6) is 0.544. The van der Waals surface area contributed by atoms with Crippen molar-refractivity contribution >= 4 is 11.8 Å². The Morgan fingerprint density at radius 1 is 0.895 bits per heavy atom. The van der Waals surface area contributed by atoms with Gasteiger partial charge in [-0.1, -0.05) is 19.3 Å². The number of nitrogens with zero attached hydrogens (tertiary/aromatic N) is 1. The van der Waals surface area contributed by atoms with Crippen molar-refractivity contribution in [1.82, 2.24) is 10.2 Å². The van der Waals surface area contributed by atoms with Gasteiger partial charge >= 0.3 is 0 Å². The SMILES string of the molecule is O=C(NC1CCCCC1)[C@@H]1CCCN1C(=O)C1CC1. The maximum Gasteiger partial charge on any atom is 0.243 e. The topological polar surface area (TPSA) is 49.4 Å². The van der Waals surface area contributed by atoms with E-state index in [9.17, 15) is 9.59 Å². The van der Waals surface area contributed by atoms with Gasteiger partial charge in [-0.2, -0.15) is 0 Å². The molecule has 4 heteroatoms. The fraction of sp³-hybridized carbons (Fsp3) is 0.867. The smallest absolute Gasteiger partial charge is 0.243 e. The number of amides is 2. The van der Waals surface area contributed by atoms with Crippen LogP contribution in [0.25, 0.3) is 0 Å². The van der Waals surface area contributed by atoms with Crippen molar-refractivity contribution in [3.8, 4) is 0 Å². The molecule has 2 saturated carbocycles. The molecule has 3 fully saturated rings. The van der Waals surface area contributed by atoms with E-state index >= 15 is 0 Å². The fourth-order valence-electron chi connectivity index (χ4n) is 3.41. The summed E-state index contributed by atoms with van der Waals surface area (Å²) >= 11 is 0. The third-order valence-electron chi connectivity index (χ3n) is 4.72. The average molecular weight is 264 g/mol. The van der Waals surface area contributed by atoms with E-state index in [0.717, 1.165) is 45.1 Å². The lowest BCUT2D eigenvalue weighted by Crippen LogP contribution is -2.49. The van der Waals surface area contributed by atoms with Crippen LogP contribution in [0.3, 0.4) is 0 Å². The van der Waals surface area contributed by atoms with Gasteiger partial charge in [0.25, 0.3) is 0 Å². The Morgan fingerprint density at radius 3 is 2.32 bits per heavy atom. The van der Waals surface area contributed by atoms with Gasteiger partial charge in [-0.25, -0.2) is 0 Å². The summed E-state index contributed by atoms with van der Waals surface area (Å²) in [7, 11) is 0. The number of likely N-dealkylation sites (tertiary alicyclic amines) is 1. The Balaban J connectivity index is 1.56. The lowest BCUT2D eigenvalue weighted by Gasteiger charge is -2.28. The van der Waals surface area contributed by atoms with Crippen LogP contribution < -0.4 is 5.32 Å². The zero-order valence-electron chi connectivity index (χ0n) is 11.6. The first-order valence-electron chi connectivity index (χ1n) is 7.86. The molecule has 3 rings (SSSR count). The van der Waals surface area contributed by atoms with Gasteiger partial charge in [0.05, 0.1) is 0 Å². The fourth-order valence-corrected chi connectivity index (χ4v) is 3.41. The van der Waals surface area contributed by atoms with Gasteiger partial charge in [-0.05, 0) is 38.5 Å². The summed E-state index contributed by atoms with van der Waals surface area (Å²) in [6, 6.07) is 0.162. The minimum absolute atomic E-state index is 0.0957. The van der Waals surface area contributed by atoms with Gasteiger partial charge in [0.15, 0.2) is 0 Å². The molecule has 1 N–H and O–H groups in total. The van der Waals surface area contributed by atoms with Crippen molar-refractivity contribution < 1.29 is 9.59 Å². The van der Waals surface area contributed by atoms with Gasteiger partial charge in [-0.3, -0.25) is 9.59 Å². The highest BCUT2D eigenvalue weighted by molar-refractivity contribution is 5.90. The molecule has 3 aliphatic rings. The third kappa shape index (κ3) is 2.93. The average Bonchev–Trinajstić information content (AvgIpc) is 3.16. The largest absolute Gasteiger partial charge is 0.352 e. The predicted molar refractivity (Wildman–Crippen MR) is 72.5 cm³/mol. The van der Waals surface area contributed by atoms with Gasteiger partial charge in [0.2, 0.25) is 11.8 Å². The van der Waals surface area contributed by atoms with Crippen molar-refractivity contribution in [2.45, 2.75) is 69.9 Å². The van der Waals surface area contributed by atoms with Crippen LogP contribution in [0.15, 0.2) is 0 Å². The van der Waals surface area contributed by atoms with Crippen molar-refractivity contribution in [1.29, 1.82) is 0 Å². The molecule has 0 unspecified atom stereocenters. The Labute approximate surface area is 114 Å². The molecule has 0 radical (unpaired) electrons. The maximum atomic E-state index is 12.4. The van der Waals surface area contributed by atoms with Crippen LogP contribution >= 0.6 is 0 Å². The summed E-state index contributed by atoms with van der Waals surface area (Å²) < 4.78 is 0. The second kappa shape index (κ2) is 5.51. The molecule has 2 aliphatic carbocycles. The van der Waals surface area contributed by atoms with Crippen molar-refractivity contribution in [2.75, 3.05) is 6.54 Å². The van der Waals surface area contributed by atoms with Gasteiger partial charge in [0.1, 0.15) is 6.04 Å². The number of hydrogen-bond acceptors (Lipinski definition) is 2. The van der Waals surface area contributed by atoms with Crippen molar-refractivity contribution in [3.63, 3.8) is 0 Å². The molecule has 0 aromatic carbocycles. The van der Waals surface area contributed by atoms with Crippen LogP contribution in [0.4, 0.5) is 0 Å². The molecule has 1 saturated heterocycles. The zero-order chi connectivity index (χ0) is 13.2. The number of hydrogen-bond donors (Lipinski definition) is 1. The number of rotatable bonds is 3. The first-order valence-corrected chi connectivity index (χ1v) is 7.86. The van der Waals surface area contributed by atoms with E-state index < -0.39 is 0 Å². The first kappa shape index (κ1) is 12.9. The molecular weight excluding hydrogens is 240 g/mol. The molecular formula is C15H24N2O2. The van der Waals surface area contributed by atoms with E-state index in [-0.39, 0.29) is 23.8 Å². The molecule has 0 aromatic rings. The number of nitrogens with one attached hydrogen (secondary N) is 1. The molecule has 1 aliphatic heterocycles. The minimum atomic E-state index is -0.185. The summed E-state index contributed by atoms with van der Waals surface area (Å²) in [5, 5.41) is 3.17. The Kier molecular flexibility index (Phi) is 3.76. The summed E-state index contributed by atoms with van der Waals surface area (Å²) in [5.41, 5.74) is 0. The highest BCUT2D eigenvalue weighted by Crippen LogP contribution is 2.33. The standard InChI is InChI=1S/C15H24N2O2/c18-14(16-12-5-2-1-3-6-12)13-7-4-10-17(13)15(19)11-8-9-11/h11-13H,1-10H2,(H,16,18)/t13-/m0/s1. The lowest BCUT2D eigenvalue weighted by atomic mass is 9.95. The van der Waals surface area contributed by atoms with Crippen LogP contribution in [0.2, 0.25) is 0 Å². The Bertz CT molecular complexity index is 359. The van der Waals surface area contributed by atoms with E-state index in [1.165, 1.54) is 19.3 Å². The molecule has 106 valence electrons. The van der Waals surface area contributed by atoms with E-state index in [1.807, 2.05) is 4.90 Å². The summed E-state index contributed by atoms with van der Waals surface area (Å²) in [4.78, 5) is 26.4. The molecule has 4 nitrogen and oxygen atoms in total. The van der Waals surface area contributed by atoms with E-state index in [2.05, 4.69) is 5.32 Å². The first-order chi connectivity index (χ1) is 9.25. The maximum absolute atomic E-state index is 12.4. The van der Waals surface area contributed by atoms with Crippen LogP contribution in [-0.4, -0.2) is 35.3 Å². The van der Waals surface area contributed by atoms with Gasteiger partial charge < -0.3 is 10.2 Å². The molecule has 0 spiro atoms. The second-order valence-corrected chi connectivity index (χ2v) is 6.31. The summed E-state index contributed by atoms with van der Waals surface area (Å²) in [6.07, 6.45) is 9.81. The number of carbonyl (C=O) groups excluding carboxylic acids is 2. The normalized spacial score (nSPS) is 28.4. The lowest BCUT2D eigenvalue weighted by molar-refractivity contribution is -0.139. The Hall–Kier alpha value is -1.06. The van der Waals surface area contributed by atoms with E-state index in [0.29, 0.717) is 6.04 Å². The van der Waals surface area contributed by atoms with Crippen LogP contribution in [0, 0.1) is 5.92 Å². The third-order valence-corrected chi connectivity index (χ3v) is 4.72. The molecule has 1 heterocycles. The van der Waals surface area contributed by atoms with Gasteiger partial charge in [0, 0.05) is 18.5 Å². The summed E-state index contributed by atoms with van der Waals surface area (Å²) in [6.45, 7) is 0.776. The van der Waals surface area contributed by atoms with Crippen LogP contribution in [0.1, 0.15) is 57.8 Å². The van der Waals surface area contributed by atoms with Gasteiger partial charge in [-0.15, -0.1) is 0 Å². The van der Waals surface area contributed by atoms with Crippen LogP contribution in [0.5, 0.6) is 0 Å². The predicted octanol–water partition coefficient (Wildman–Crippen LogP) is 1.84. The zero-order valence-corrected chi connectivity index (χ0v) is 11.6. The van der Waals surface area contributed by atoms with Crippen molar-refractivity contribution in [2.24, 2.45) is 5.92 Å². The molecule has 0 aromatic heterocycles. The minimum Gasteiger partial charge on any atom is -0.352 e. The second-order valence-electron chi connectivity index (χ2n) is 6.31. The molecule has 19 heavy (non-hydrogen) atoms. The van der Waals surface area contributed by atoms with Crippen LogP contribution in [-0.2, 0) is 9.59 Å². The van der Waals surface area contributed by atoms with Crippen molar-refractivity contribution in [3.05, 3.63) is 0 Å². The highest BCUT2D eigenvalue weighted by Gasteiger charge is 2.41. The molecule has 0 bridgehead atoms. The molecule has 1 atom stereocenters. The monoisotopic (exact) mass is 264 g/mol. The quantitative estimate of drug-likeness (QED) is 0.845. The highest BCUT2D eigenvalue weighted by atomic mass is 16.2.